The van der Waals surface area contributed by atoms with E-state index in [4.69, 9.17) is 9.15 Å². The van der Waals surface area contributed by atoms with Crippen LogP contribution < -0.4 is 10.7 Å². The van der Waals surface area contributed by atoms with E-state index in [1.54, 1.807) is 16.3 Å². The van der Waals surface area contributed by atoms with E-state index in [1.165, 1.54) is 5.56 Å². The number of ether oxygens (including phenoxy) is 1. The maximum Gasteiger partial charge on any atom is 0.419 e. The molecule has 0 aliphatic carbocycles. The van der Waals surface area contributed by atoms with Gasteiger partial charge in [-0.1, -0.05) is 54.2 Å². The second-order valence-corrected chi connectivity index (χ2v) is 8.71. The molecule has 0 radical (unpaired) electrons. The third-order valence-electron chi connectivity index (χ3n) is 5.51. The Morgan fingerprint density at radius 3 is 2.56 bits per heavy atom. The molecule has 1 saturated heterocycles. The first-order valence-corrected chi connectivity index (χ1v) is 11.8. The van der Waals surface area contributed by atoms with E-state index in [-0.39, 0.29) is 5.76 Å². The maximum absolute atomic E-state index is 12.2. The maximum atomic E-state index is 12.2. The third kappa shape index (κ3) is 4.44. The van der Waals surface area contributed by atoms with E-state index in [9.17, 15) is 4.79 Å². The van der Waals surface area contributed by atoms with Gasteiger partial charge in [-0.15, -0.1) is 10.2 Å². The van der Waals surface area contributed by atoms with Crippen molar-refractivity contribution < 1.29 is 9.15 Å². The number of hydrogen-bond acceptors (Lipinski definition) is 7. The summed E-state index contributed by atoms with van der Waals surface area (Å²) in [5.41, 5.74) is 2.67. The Hall–Kier alpha value is -3.04. The Bertz CT molecular complexity index is 1230. The molecule has 1 fully saturated rings. The largest absolute Gasteiger partial charge is 0.419 e. The summed E-state index contributed by atoms with van der Waals surface area (Å²) in [6, 6.07) is 17.9. The number of oxazole rings is 1. The van der Waals surface area contributed by atoms with Gasteiger partial charge in [-0.3, -0.25) is 9.13 Å². The van der Waals surface area contributed by atoms with Crippen LogP contribution in [0.3, 0.4) is 0 Å². The molecule has 4 aromatic rings. The Balaban J connectivity index is 1.30. The normalized spacial score (nSPS) is 14.3. The van der Waals surface area contributed by atoms with Gasteiger partial charge in [-0.2, -0.15) is 0 Å². The van der Waals surface area contributed by atoms with Gasteiger partial charge < -0.3 is 14.1 Å². The summed E-state index contributed by atoms with van der Waals surface area (Å²) in [7, 11) is 0. The van der Waals surface area contributed by atoms with Crippen molar-refractivity contribution >= 4 is 28.8 Å². The summed E-state index contributed by atoms with van der Waals surface area (Å²) < 4.78 is 14.7. The van der Waals surface area contributed by atoms with Gasteiger partial charge in [0.25, 0.3) is 0 Å². The summed E-state index contributed by atoms with van der Waals surface area (Å²) in [5.74, 6) is 1.40. The fourth-order valence-corrected chi connectivity index (χ4v) is 4.76. The highest BCUT2D eigenvalue weighted by molar-refractivity contribution is 7.99. The number of aromatic nitrogens is 4. The number of morpholine rings is 1. The van der Waals surface area contributed by atoms with Gasteiger partial charge in [-0.25, -0.2) is 4.79 Å². The summed E-state index contributed by atoms with van der Waals surface area (Å²) in [6.45, 7) is 4.35. The van der Waals surface area contributed by atoms with Crippen molar-refractivity contribution in [2.75, 3.05) is 37.0 Å². The van der Waals surface area contributed by atoms with E-state index in [0.29, 0.717) is 31.9 Å². The van der Waals surface area contributed by atoms with Crippen molar-refractivity contribution in [3.63, 3.8) is 0 Å². The average molecular weight is 452 g/mol. The summed E-state index contributed by atoms with van der Waals surface area (Å²) in [5, 5.41) is 9.90. The fourth-order valence-electron chi connectivity index (χ4n) is 3.90. The van der Waals surface area contributed by atoms with Crippen molar-refractivity contribution in [2.45, 2.75) is 24.7 Å². The minimum atomic E-state index is -0.307. The first-order valence-electron chi connectivity index (χ1n) is 10.8. The van der Waals surface area contributed by atoms with Gasteiger partial charge in [0.05, 0.1) is 25.3 Å². The molecular weight excluding hydrogens is 426 g/mol. The number of anilines is 1. The van der Waals surface area contributed by atoms with Crippen LogP contribution in [0.4, 0.5) is 5.95 Å². The van der Waals surface area contributed by atoms with E-state index >= 15 is 0 Å². The van der Waals surface area contributed by atoms with Crippen LogP contribution in [0.15, 0.2) is 69.0 Å². The number of hydrogen-bond donors (Lipinski definition) is 0. The molecule has 0 N–H and O–H groups in total. The highest BCUT2D eigenvalue weighted by Crippen LogP contribution is 2.25. The molecule has 32 heavy (non-hydrogen) atoms. The van der Waals surface area contributed by atoms with Gasteiger partial charge in [-0.05, 0) is 24.1 Å². The molecule has 2 aromatic carbocycles. The first-order chi connectivity index (χ1) is 15.8. The smallest absolute Gasteiger partial charge is 0.408 e. The lowest BCUT2D eigenvalue weighted by molar-refractivity contribution is 0.121. The zero-order valence-corrected chi connectivity index (χ0v) is 18.5. The van der Waals surface area contributed by atoms with Crippen molar-refractivity contribution in [1.82, 2.24) is 19.3 Å². The molecule has 0 bridgehead atoms. The minimum absolute atomic E-state index is 0.307. The molecule has 3 heterocycles. The quantitative estimate of drug-likeness (QED) is 0.301. The monoisotopic (exact) mass is 451 g/mol. The lowest BCUT2D eigenvalue weighted by Crippen LogP contribution is -2.38. The van der Waals surface area contributed by atoms with E-state index in [0.717, 1.165) is 41.9 Å². The predicted octanol–water partition coefficient (Wildman–Crippen LogP) is 3.25. The molecule has 2 aromatic heterocycles. The van der Waals surface area contributed by atoms with Crippen LogP contribution in [0.25, 0.3) is 11.1 Å². The zero-order valence-electron chi connectivity index (χ0n) is 17.7. The summed E-state index contributed by atoms with van der Waals surface area (Å²) >= 11 is 1.67. The number of thioether (sulfide) groups is 1. The van der Waals surface area contributed by atoms with Crippen molar-refractivity contribution in [1.29, 1.82) is 0 Å². The van der Waals surface area contributed by atoms with Gasteiger partial charge in [0.1, 0.15) is 0 Å². The number of rotatable bonds is 8. The Labute approximate surface area is 189 Å². The van der Waals surface area contributed by atoms with Crippen molar-refractivity contribution in [2.24, 2.45) is 0 Å². The first kappa shape index (κ1) is 20.8. The topological polar surface area (TPSA) is 78.3 Å². The Morgan fingerprint density at radius 1 is 0.938 bits per heavy atom. The van der Waals surface area contributed by atoms with Crippen LogP contribution in [0, 0.1) is 0 Å². The van der Waals surface area contributed by atoms with E-state index < -0.39 is 0 Å². The van der Waals surface area contributed by atoms with Gasteiger partial charge in [0.15, 0.2) is 10.7 Å². The lowest BCUT2D eigenvalue weighted by Gasteiger charge is -2.28. The summed E-state index contributed by atoms with van der Waals surface area (Å²) in [4.78, 5) is 14.4. The number of benzene rings is 2. The molecule has 9 heteroatoms. The van der Waals surface area contributed by atoms with E-state index in [2.05, 4.69) is 31.8 Å². The molecule has 0 spiro atoms. The lowest BCUT2D eigenvalue weighted by atomic mass is 10.2. The molecule has 8 nitrogen and oxygen atoms in total. The highest BCUT2D eigenvalue weighted by Gasteiger charge is 2.21. The van der Waals surface area contributed by atoms with Crippen molar-refractivity contribution in [3.05, 3.63) is 70.7 Å². The van der Waals surface area contributed by atoms with Gasteiger partial charge in [0.2, 0.25) is 5.95 Å². The Kier molecular flexibility index (Phi) is 6.27. The SMILES string of the molecule is O=c1oc2ccccc2n1CCCSc1nnc(N2CCOCC2)n1Cc1ccccc1. The second kappa shape index (κ2) is 9.62. The molecule has 1 aliphatic heterocycles. The van der Waals surface area contributed by atoms with Gasteiger partial charge in [0, 0.05) is 25.4 Å². The minimum Gasteiger partial charge on any atom is -0.408 e. The summed E-state index contributed by atoms with van der Waals surface area (Å²) in [6.07, 6.45) is 0.819. The van der Waals surface area contributed by atoms with Crippen molar-refractivity contribution in [3.8, 4) is 0 Å². The molecule has 0 atom stereocenters. The highest BCUT2D eigenvalue weighted by atomic mass is 32.2. The molecule has 5 rings (SSSR count). The zero-order chi connectivity index (χ0) is 21.8. The Morgan fingerprint density at radius 2 is 1.72 bits per heavy atom. The molecule has 0 unspecified atom stereocenters. The molecule has 0 amide bonds. The fraction of sp³-hybridized carbons (Fsp3) is 0.348. The second-order valence-electron chi connectivity index (χ2n) is 7.64. The molecular formula is C23H25N5O3S. The number of aryl methyl sites for hydroxylation is 1. The van der Waals surface area contributed by atoms with Crippen LogP contribution in [-0.4, -0.2) is 51.4 Å². The molecule has 166 valence electrons. The molecule has 0 saturated carbocycles. The van der Waals surface area contributed by atoms with E-state index in [1.807, 2.05) is 42.5 Å². The number of nitrogens with zero attached hydrogens (tertiary/aromatic N) is 5. The van der Waals surface area contributed by atoms with Crippen LogP contribution in [0.1, 0.15) is 12.0 Å². The van der Waals surface area contributed by atoms with Crippen LogP contribution in [-0.2, 0) is 17.8 Å². The average Bonchev–Trinajstić information content (AvgIpc) is 3.38. The predicted molar refractivity (Wildman–Crippen MR) is 124 cm³/mol. The van der Waals surface area contributed by atoms with Crippen LogP contribution in [0.5, 0.6) is 0 Å². The van der Waals surface area contributed by atoms with Crippen LogP contribution >= 0.6 is 11.8 Å². The van der Waals surface area contributed by atoms with Gasteiger partial charge >= 0.3 is 5.76 Å². The van der Waals surface area contributed by atoms with Crippen LogP contribution in [0.2, 0.25) is 0 Å². The molecule has 1 aliphatic rings. The third-order valence-corrected chi connectivity index (χ3v) is 6.56. The number of fused-ring (bicyclic) bond motifs is 1. The standard InChI is InChI=1S/C23H25N5O3S/c29-23-27(19-9-4-5-10-20(19)31-23)11-6-16-32-22-25-24-21(26-12-14-30-15-13-26)28(22)17-18-7-2-1-3-8-18/h1-5,7-10H,6,11-17H2. The number of para-hydroxylation sites is 2.